The van der Waals surface area contributed by atoms with E-state index >= 15 is 0 Å². The zero-order valence-electron chi connectivity index (χ0n) is 14.4. The van der Waals surface area contributed by atoms with Crippen LogP contribution in [-0.2, 0) is 9.53 Å². The molecule has 1 aromatic carbocycles. The van der Waals surface area contributed by atoms with Gasteiger partial charge in [0, 0.05) is 19.6 Å². The second kappa shape index (κ2) is 7.67. The van der Waals surface area contributed by atoms with Crippen LogP contribution < -0.4 is 4.74 Å². The number of fused-ring (bicyclic) bond motifs is 1. The van der Waals surface area contributed by atoms with Gasteiger partial charge in [-0.1, -0.05) is 24.3 Å². The maximum absolute atomic E-state index is 12.2. The van der Waals surface area contributed by atoms with Gasteiger partial charge in [0.15, 0.2) is 0 Å². The zero-order chi connectivity index (χ0) is 16.9. The van der Waals surface area contributed by atoms with Crippen LogP contribution in [0.15, 0.2) is 42.0 Å². The Labute approximate surface area is 143 Å². The highest BCUT2D eigenvalue weighted by molar-refractivity contribution is 5.94. The van der Waals surface area contributed by atoms with Crippen molar-refractivity contribution < 1.29 is 14.3 Å². The van der Waals surface area contributed by atoms with E-state index in [0.717, 1.165) is 49.1 Å². The first-order valence-corrected chi connectivity index (χ1v) is 8.50. The SMILES string of the molecule is COC(=O)/C(=C/c1ccc(OC)cc1)CN1C[C@H]2CC=CC[C@H]2C1. The predicted molar refractivity (Wildman–Crippen MR) is 94.8 cm³/mol. The van der Waals surface area contributed by atoms with E-state index in [1.807, 2.05) is 30.3 Å². The van der Waals surface area contributed by atoms with Crippen molar-refractivity contribution in [2.24, 2.45) is 11.8 Å². The van der Waals surface area contributed by atoms with Gasteiger partial charge in [0.25, 0.3) is 0 Å². The second-order valence-corrected chi connectivity index (χ2v) is 6.59. The molecule has 1 aromatic rings. The lowest BCUT2D eigenvalue weighted by molar-refractivity contribution is -0.136. The summed E-state index contributed by atoms with van der Waals surface area (Å²) in [5.41, 5.74) is 1.68. The Morgan fingerprint density at radius 2 is 1.75 bits per heavy atom. The van der Waals surface area contributed by atoms with Crippen LogP contribution in [0.1, 0.15) is 18.4 Å². The van der Waals surface area contributed by atoms with Gasteiger partial charge in [-0.2, -0.15) is 0 Å². The minimum Gasteiger partial charge on any atom is -0.497 e. The van der Waals surface area contributed by atoms with Gasteiger partial charge in [-0.3, -0.25) is 4.90 Å². The molecule has 0 amide bonds. The molecule has 2 aliphatic rings. The first kappa shape index (κ1) is 16.8. The molecule has 0 bridgehead atoms. The van der Waals surface area contributed by atoms with E-state index in [1.165, 1.54) is 7.11 Å². The number of ether oxygens (including phenoxy) is 2. The Kier molecular flexibility index (Phi) is 5.36. The van der Waals surface area contributed by atoms with Crippen molar-refractivity contribution in [3.8, 4) is 5.75 Å². The molecule has 0 N–H and O–H groups in total. The molecule has 1 heterocycles. The molecule has 0 aromatic heterocycles. The smallest absolute Gasteiger partial charge is 0.335 e. The minimum atomic E-state index is -0.251. The number of methoxy groups -OCH3 is 2. The lowest BCUT2D eigenvalue weighted by atomic mass is 9.86. The van der Waals surface area contributed by atoms with Gasteiger partial charge in [-0.15, -0.1) is 0 Å². The topological polar surface area (TPSA) is 38.8 Å². The summed E-state index contributed by atoms with van der Waals surface area (Å²) in [6.07, 6.45) is 8.83. The summed E-state index contributed by atoms with van der Waals surface area (Å²) >= 11 is 0. The Bertz CT molecular complexity index is 617. The van der Waals surface area contributed by atoms with E-state index in [1.54, 1.807) is 7.11 Å². The molecule has 3 rings (SSSR count). The van der Waals surface area contributed by atoms with Crippen molar-refractivity contribution in [1.29, 1.82) is 0 Å². The summed E-state index contributed by atoms with van der Waals surface area (Å²) in [6.45, 7) is 2.77. The number of likely N-dealkylation sites (tertiary alicyclic amines) is 1. The van der Waals surface area contributed by atoms with Crippen LogP contribution in [-0.4, -0.2) is 44.7 Å². The molecule has 4 heteroatoms. The van der Waals surface area contributed by atoms with E-state index in [2.05, 4.69) is 17.1 Å². The molecule has 0 saturated carbocycles. The van der Waals surface area contributed by atoms with Crippen LogP contribution in [0, 0.1) is 11.8 Å². The van der Waals surface area contributed by atoms with E-state index in [9.17, 15) is 4.79 Å². The summed E-state index contributed by atoms with van der Waals surface area (Å²) in [7, 11) is 3.09. The fourth-order valence-electron chi connectivity index (χ4n) is 3.68. The summed E-state index contributed by atoms with van der Waals surface area (Å²) in [5, 5.41) is 0. The van der Waals surface area contributed by atoms with Gasteiger partial charge < -0.3 is 9.47 Å². The first-order valence-electron chi connectivity index (χ1n) is 8.50. The number of nitrogens with zero attached hydrogens (tertiary/aromatic N) is 1. The van der Waals surface area contributed by atoms with E-state index in [-0.39, 0.29) is 5.97 Å². The highest BCUT2D eigenvalue weighted by Crippen LogP contribution is 2.33. The number of esters is 1. The lowest BCUT2D eigenvalue weighted by Gasteiger charge is -2.18. The van der Waals surface area contributed by atoms with Crippen LogP contribution in [0.3, 0.4) is 0 Å². The van der Waals surface area contributed by atoms with E-state index < -0.39 is 0 Å². The maximum atomic E-state index is 12.2. The molecule has 0 spiro atoms. The van der Waals surface area contributed by atoms with Crippen LogP contribution in [0.2, 0.25) is 0 Å². The van der Waals surface area contributed by atoms with E-state index in [4.69, 9.17) is 9.47 Å². The molecule has 1 saturated heterocycles. The third kappa shape index (κ3) is 3.88. The maximum Gasteiger partial charge on any atom is 0.335 e. The van der Waals surface area contributed by atoms with Crippen molar-refractivity contribution in [3.63, 3.8) is 0 Å². The normalized spacial score (nSPS) is 23.8. The highest BCUT2D eigenvalue weighted by Gasteiger charge is 2.33. The molecule has 2 atom stereocenters. The predicted octanol–water partition coefficient (Wildman–Crippen LogP) is 3.15. The lowest BCUT2D eigenvalue weighted by Crippen LogP contribution is -2.26. The van der Waals surface area contributed by atoms with Crippen molar-refractivity contribution in [3.05, 3.63) is 47.6 Å². The molecular weight excluding hydrogens is 302 g/mol. The number of hydrogen-bond acceptors (Lipinski definition) is 4. The fraction of sp³-hybridized carbons (Fsp3) is 0.450. The number of carbonyl (C=O) groups is 1. The Morgan fingerprint density at radius 3 is 2.29 bits per heavy atom. The van der Waals surface area contributed by atoms with Crippen LogP contribution in [0.5, 0.6) is 5.75 Å². The largest absolute Gasteiger partial charge is 0.497 e. The molecule has 128 valence electrons. The van der Waals surface area contributed by atoms with Gasteiger partial charge in [-0.05, 0) is 48.4 Å². The Hall–Kier alpha value is -2.07. The third-order valence-corrected chi connectivity index (χ3v) is 4.99. The molecule has 0 unspecified atom stereocenters. The summed E-state index contributed by atoms with van der Waals surface area (Å²) in [5.74, 6) is 2.02. The quantitative estimate of drug-likeness (QED) is 0.473. The molecule has 0 radical (unpaired) electrons. The monoisotopic (exact) mass is 327 g/mol. The average Bonchev–Trinajstić information content (AvgIpc) is 3.03. The zero-order valence-corrected chi connectivity index (χ0v) is 14.4. The van der Waals surface area contributed by atoms with Crippen molar-refractivity contribution in [1.82, 2.24) is 4.90 Å². The van der Waals surface area contributed by atoms with Crippen LogP contribution in [0.4, 0.5) is 0 Å². The molecular formula is C20H25NO3. The molecule has 24 heavy (non-hydrogen) atoms. The van der Waals surface area contributed by atoms with Gasteiger partial charge in [0.2, 0.25) is 0 Å². The fourth-order valence-corrected chi connectivity index (χ4v) is 3.68. The molecule has 1 aliphatic carbocycles. The number of rotatable bonds is 5. The number of carbonyl (C=O) groups excluding carboxylic acids is 1. The standard InChI is InChI=1S/C20H25NO3/c1-23-19-9-7-15(8-10-19)11-18(20(22)24-2)14-21-12-16-5-3-4-6-17(16)13-21/h3-4,7-11,16-17H,5-6,12-14H2,1-2H3/b18-11+/t16-,17+. The Morgan fingerprint density at radius 1 is 1.12 bits per heavy atom. The van der Waals surface area contributed by atoms with Gasteiger partial charge in [-0.25, -0.2) is 4.79 Å². The van der Waals surface area contributed by atoms with Crippen LogP contribution in [0.25, 0.3) is 6.08 Å². The first-order chi connectivity index (χ1) is 11.7. The number of benzene rings is 1. The van der Waals surface area contributed by atoms with Gasteiger partial charge in [0.1, 0.15) is 5.75 Å². The number of hydrogen-bond donors (Lipinski definition) is 0. The van der Waals surface area contributed by atoms with Crippen molar-refractivity contribution >= 4 is 12.0 Å². The second-order valence-electron chi connectivity index (χ2n) is 6.59. The van der Waals surface area contributed by atoms with Crippen LogP contribution >= 0.6 is 0 Å². The van der Waals surface area contributed by atoms with Gasteiger partial charge in [0.05, 0.1) is 19.8 Å². The third-order valence-electron chi connectivity index (χ3n) is 4.99. The molecule has 1 aliphatic heterocycles. The summed E-state index contributed by atoms with van der Waals surface area (Å²) in [4.78, 5) is 14.6. The van der Waals surface area contributed by atoms with Gasteiger partial charge >= 0.3 is 5.97 Å². The number of allylic oxidation sites excluding steroid dienone is 2. The average molecular weight is 327 g/mol. The van der Waals surface area contributed by atoms with Crippen molar-refractivity contribution in [2.45, 2.75) is 12.8 Å². The van der Waals surface area contributed by atoms with E-state index in [0.29, 0.717) is 12.1 Å². The molecule has 4 nitrogen and oxygen atoms in total. The summed E-state index contributed by atoms with van der Waals surface area (Å²) < 4.78 is 10.2. The minimum absolute atomic E-state index is 0.251. The van der Waals surface area contributed by atoms with Crippen molar-refractivity contribution in [2.75, 3.05) is 33.9 Å². The highest BCUT2D eigenvalue weighted by atomic mass is 16.5. The Balaban J connectivity index is 1.72. The molecule has 1 fully saturated rings. The summed E-state index contributed by atoms with van der Waals surface area (Å²) in [6, 6.07) is 7.71.